The number of piperazine rings is 1. The highest BCUT2D eigenvalue weighted by Gasteiger charge is 2.50. The zero-order chi connectivity index (χ0) is 30.3. The fraction of sp³-hybridized carbons (Fsp3) is 0.500. The molecule has 5 heterocycles. The van der Waals surface area contributed by atoms with Gasteiger partial charge in [-0.2, -0.15) is 0 Å². The molecule has 12 heteroatoms. The molecule has 1 aliphatic carbocycles. The first-order valence-electron chi connectivity index (χ1n) is 15.6. The minimum Gasteiger partial charge on any atom is -0.380 e. The number of anilines is 4. The first-order chi connectivity index (χ1) is 21.4. The van der Waals surface area contributed by atoms with E-state index in [1.54, 1.807) is 18.5 Å². The molecule has 0 unspecified atom stereocenters. The van der Waals surface area contributed by atoms with Crippen molar-refractivity contribution in [2.45, 2.75) is 37.8 Å². The normalized spacial score (nSPS) is 21.1. The summed E-state index contributed by atoms with van der Waals surface area (Å²) in [5.74, 6) is -0.338. The lowest BCUT2D eigenvalue weighted by atomic mass is 9.64. The predicted molar refractivity (Wildman–Crippen MR) is 168 cm³/mol. The monoisotopic (exact) mass is 601 g/mol. The van der Waals surface area contributed by atoms with E-state index in [0.29, 0.717) is 28.9 Å². The fourth-order valence-electron chi connectivity index (χ4n) is 7.05. The summed E-state index contributed by atoms with van der Waals surface area (Å²) >= 11 is 0. The van der Waals surface area contributed by atoms with Gasteiger partial charge < -0.3 is 30.9 Å². The van der Waals surface area contributed by atoms with Crippen molar-refractivity contribution in [3.63, 3.8) is 0 Å². The Bertz CT molecular complexity index is 1500. The lowest BCUT2D eigenvalue weighted by Gasteiger charge is -2.53. The number of nitrogens with two attached hydrogens (primary N) is 1. The van der Waals surface area contributed by atoms with Crippen molar-refractivity contribution < 1.29 is 13.9 Å². The van der Waals surface area contributed by atoms with Crippen molar-refractivity contribution in [2.24, 2.45) is 11.1 Å². The number of ether oxygens (including phenoxy) is 1. The third-order valence-electron chi connectivity index (χ3n) is 9.67. The van der Waals surface area contributed by atoms with Crippen LogP contribution in [0.2, 0.25) is 0 Å². The van der Waals surface area contributed by atoms with E-state index in [2.05, 4.69) is 42.3 Å². The largest absolute Gasteiger partial charge is 0.380 e. The van der Waals surface area contributed by atoms with Crippen LogP contribution in [0.5, 0.6) is 0 Å². The summed E-state index contributed by atoms with van der Waals surface area (Å²) in [7, 11) is 2.17. The van der Waals surface area contributed by atoms with Crippen molar-refractivity contribution in [3.8, 4) is 11.3 Å². The Labute approximate surface area is 257 Å². The highest BCUT2D eigenvalue weighted by atomic mass is 19.1. The summed E-state index contributed by atoms with van der Waals surface area (Å²) in [5.41, 5.74) is 8.34. The van der Waals surface area contributed by atoms with E-state index in [-0.39, 0.29) is 28.8 Å². The van der Waals surface area contributed by atoms with Crippen LogP contribution in [-0.2, 0) is 4.74 Å². The number of hydrogen-bond acceptors (Lipinski definition) is 10. The van der Waals surface area contributed by atoms with E-state index in [9.17, 15) is 4.79 Å². The Morgan fingerprint density at radius 2 is 1.73 bits per heavy atom. The number of amides is 1. The Morgan fingerprint density at radius 1 is 1.00 bits per heavy atom. The van der Waals surface area contributed by atoms with Gasteiger partial charge in [0.25, 0.3) is 5.91 Å². The summed E-state index contributed by atoms with van der Waals surface area (Å²) in [6, 6.07) is 9.45. The number of nitrogens with one attached hydrogen (secondary N) is 2. The second-order valence-electron chi connectivity index (χ2n) is 12.8. The Kier molecular flexibility index (Phi) is 7.81. The molecular weight excluding hydrogens is 561 g/mol. The molecule has 0 radical (unpaired) electrons. The number of carbonyl (C=O) groups excluding carboxylic acids is 1. The summed E-state index contributed by atoms with van der Waals surface area (Å²) in [5, 5.41) is 6.66. The van der Waals surface area contributed by atoms with Gasteiger partial charge >= 0.3 is 0 Å². The number of nitrogens with zero attached hydrogens (tertiary/aromatic N) is 6. The predicted octanol–water partition coefficient (Wildman–Crippen LogP) is 3.33. The number of benzene rings is 1. The molecule has 4 fully saturated rings. The van der Waals surface area contributed by atoms with Gasteiger partial charge in [0.05, 0.1) is 18.9 Å². The van der Waals surface area contributed by atoms with Gasteiger partial charge in [0.15, 0.2) is 17.3 Å². The molecular formula is C32H40FN9O2. The molecule has 1 amide bonds. The van der Waals surface area contributed by atoms with E-state index in [1.165, 1.54) is 6.07 Å². The number of likely N-dealkylation sites (N-methyl/N-ethyl adjacent to an activating group) is 1. The van der Waals surface area contributed by atoms with Crippen molar-refractivity contribution in [1.29, 1.82) is 0 Å². The average Bonchev–Trinajstić information content (AvgIpc) is 2.99. The lowest BCUT2D eigenvalue weighted by Crippen LogP contribution is -2.56. The van der Waals surface area contributed by atoms with E-state index in [4.69, 9.17) is 15.5 Å². The van der Waals surface area contributed by atoms with Gasteiger partial charge in [0, 0.05) is 80.4 Å². The van der Waals surface area contributed by atoms with Crippen molar-refractivity contribution >= 4 is 28.9 Å². The number of primary amides is 1. The minimum atomic E-state index is -0.726. The van der Waals surface area contributed by atoms with Crippen molar-refractivity contribution in [3.05, 3.63) is 54.2 Å². The van der Waals surface area contributed by atoms with Gasteiger partial charge in [-0.25, -0.2) is 14.4 Å². The SMILES string of the molecule is CN1CCN(C2CCN(c3ccc(Nc4nc(NC5CC6(COC6)C5)c(-c5ccncc5)nc4C(N)=O)cc3F)CC2)CC1. The maximum absolute atomic E-state index is 15.5. The van der Waals surface area contributed by atoms with Crippen LogP contribution in [0.4, 0.5) is 27.4 Å². The van der Waals surface area contributed by atoms with Crippen molar-refractivity contribution in [2.75, 3.05) is 75.1 Å². The van der Waals surface area contributed by atoms with Gasteiger partial charge in [-0.1, -0.05) is 0 Å². The number of halogens is 1. The molecule has 1 aromatic carbocycles. The number of rotatable bonds is 8. The van der Waals surface area contributed by atoms with Gasteiger partial charge in [0.1, 0.15) is 11.5 Å². The van der Waals surface area contributed by atoms with Crippen LogP contribution in [0.1, 0.15) is 36.2 Å². The summed E-state index contributed by atoms with van der Waals surface area (Å²) in [4.78, 5) is 33.2. The molecule has 1 spiro atoms. The third-order valence-corrected chi connectivity index (χ3v) is 9.67. The molecule has 1 saturated carbocycles. The first kappa shape index (κ1) is 28.9. The number of pyridine rings is 1. The molecule has 0 atom stereocenters. The Balaban J connectivity index is 1.09. The number of hydrogen-bond donors (Lipinski definition) is 3. The molecule has 232 valence electrons. The lowest BCUT2D eigenvalue weighted by molar-refractivity contribution is -0.159. The smallest absolute Gasteiger partial charge is 0.271 e. The zero-order valence-electron chi connectivity index (χ0n) is 25.1. The number of aromatic nitrogens is 3. The van der Waals surface area contributed by atoms with Crippen LogP contribution in [0, 0.1) is 11.2 Å². The van der Waals surface area contributed by atoms with Crippen molar-refractivity contribution in [1.82, 2.24) is 24.8 Å². The Hall–Kier alpha value is -3.87. The second kappa shape index (κ2) is 11.9. The molecule has 3 saturated heterocycles. The standard InChI is InChI=1S/C32H40FN9O2/c1-40-12-14-41(15-13-40)24-6-10-42(11-7-24)26-3-2-22(16-25(26)33)36-31-28(29(34)43)38-27(21-4-8-35-9-5-21)30(39-31)37-23-17-32(18-23)19-44-20-32/h2-5,8-9,16,23-24H,6-7,10-15,17-20H2,1H3,(H2,34,43)(H2,36,37,39). The average molecular weight is 602 g/mol. The molecule has 3 aromatic rings. The van der Waals surface area contributed by atoms with E-state index in [1.807, 2.05) is 18.2 Å². The van der Waals surface area contributed by atoms with Crippen LogP contribution < -0.4 is 21.3 Å². The Morgan fingerprint density at radius 3 is 2.36 bits per heavy atom. The summed E-state index contributed by atoms with van der Waals surface area (Å²) in [6.45, 7) is 7.62. The van der Waals surface area contributed by atoms with E-state index in [0.717, 1.165) is 83.7 Å². The fourth-order valence-corrected chi connectivity index (χ4v) is 7.05. The van der Waals surface area contributed by atoms with Gasteiger partial charge in [-0.15, -0.1) is 0 Å². The topological polar surface area (TPSA) is 125 Å². The van der Waals surface area contributed by atoms with Crippen LogP contribution in [-0.4, -0.2) is 102 Å². The van der Waals surface area contributed by atoms with Crippen LogP contribution >= 0.6 is 0 Å². The van der Waals surface area contributed by atoms with Gasteiger partial charge in [0.2, 0.25) is 0 Å². The maximum Gasteiger partial charge on any atom is 0.271 e. The highest BCUT2D eigenvalue weighted by molar-refractivity contribution is 5.97. The molecule has 4 aliphatic rings. The quantitative estimate of drug-likeness (QED) is 0.354. The number of carbonyl (C=O) groups is 1. The van der Waals surface area contributed by atoms with Crippen LogP contribution in [0.25, 0.3) is 11.3 Å². The zero-order valence-corrected chi connectivity index (χ0v) is 25.1. The molecule has 3 aliphatic heterocycles. The van der Waals surface area contributed by atoms with E-state index >= 15 is 4.39 Å². The number of piperidine rings is 1. The highest BCUT2D eigenvalue weighted by Crippen LogP contribution is 2.48. The molecule has 2 aromatic heterocycles. The third kappa shape index (κ3) is 5.81. The summed E-state index contributed by atoms with van der Waals surface area (Å²) in [6.07, 6.45) is 7.33. The maximum atomic E-state index is 15.5. The van der Waals surface area contributed by atoms with E-state index < -0.39 is 5.91 Å². The second-order valence-corrected chi connectivity index (χ2v) is 12.8. The minimum absolute atomic E-state index is 0.0182. The molecule has 4 N–H and O–H groups in total. The van der Waals surface area contributed by atoms with Crippen LogP contribution in [0.15, 0.2) is 42.7 Å². The molecule has 44 heavy (non-hydrogen) atoms. The van der Waals surface area contributed by atoms with Crippen LogP contribution in [0.3, 0.4) is 0 Å². The first-order valence-corrected chi connectivity index (χ1v) is 15.6. The van der Waals surface area contributed by atoms with Gasteiger partial charge in [-0.05, 0) is 63.1 Å². The molecule has 11 nitrogen and oxygen atoms in total. The molecule has 7 rings (SSSR count). The molecule has 0 bridgehead atoms. The van der Waals surface area contributed by atoms with Gasteiger partial charge in [-0.3, -0.25) is 14.7 Å². The summed E-state index contributed by atoms with van der Waals surface area (Å²) < 4.78 is 21.0.